The first kappa shape index (κ1) is 17.6. The molecule has 0 radical (unpaired) electrons. The van der Waals surface area contributed by atoms with E-state index in [2.05, 4.69) is 22.0 Å². The molecule has 1 saturated heterocycles. The molecule has 1 aliphatic heterocycles. The number of fused-ring (bicyclic) bond motifs is 1. The van der Waals surface area contributed by atoms with Crippen LogP contribution in [0.3, 0.4) is 0 Å². The molecule has 7 nitrogen and oxygen atoms in total. The highest BCUT2D eigenvalue weighted by Gasteiger charge is 2.26. The van der Waals surface area contributed by atoms with E-state index in [1.807, 2.05) is 36.4 Å². The van der Waals surface area contributed by atoms with Crippen molar-refractivity contribution in [2.45, 2.75) is 19.3 Å². The van der Waals surface area contributed by atoms with Gasteiger partial charge in [0.15, 0.2) is 11.4 Å². The van der Waals surface area contributed by atoms with Crippen molar-refractivity contribution >= 4 is 22.6 Å². The molecular weight excluding hydrogens is 366 g/mol. The zero-order valence-corrected chi connectivity index (χ0v) is 16.3. The van der Waals surface area contributed by atoms with Gasteiger partial charge in [0, 0.05) is 24.7 Å². The number of benzene rings is 2. The second-order valence-electron chi connectivity index (χ2n) is 7.24. The molecule has 2 aromatic heterocycles. The molecule has 2 N–H and O–H groups in total. The molecule has 0 spiro atoms. The molecule has 1 fully saturated rings. The first-order valence-corrected chi connectivity index (χ1v) is 9.88. The van der Waals surface area contributed by atoms with Gasteiger partial charge in [0.1, 0.15) is 22.6 Å². The van der Waals surface area contributed by atoms with Crippen LogP contribution in [-0.4, -0.2) is 35.0 Å². The van der Waals surface area contributed by atoms with E-state index in [0.717, 1.165) is 48.6 Å². The summed E-state index contributed by atoms with van der Waals surface area (Å²) in [7, 11) is 1.63. The Labute approximate surface area is 168 Å². The summed E-state index contributed by atoms with van der Waals surface area (Å²) in [6.45, 7) is 1.95. The van der Waals surface area contributed by atoms with Crippen molar-refractivity contribution in [1.29, 1.82) is 0 Å². The third kappa shape index (κ3) is 3.08. The number of aromatic nitrogens is 3. The largest absolute Gasteiger partial charge is 0.497 e. The van der Waals surface area contributed by atoms with Crippen LogP contribution in [0.15, 0.2) is 52.9 Å². The topological polar surface area (TPSA) is 82.3 Å². The second-order valence-corrected chi connectivity index (χ2v) is 7.24. The molecule has 0 aliphatic carbocycles. The lowest BCUT2D eigenvalue weighted by molar-refractivity contribution is 0.415. The maximum atomic E-state index is 6.62. The molecule has 1 aliphatic rings. The molecular formula is C22H23N5O2. The number of piperidine rings is 1. The second kappa shape index (κ2) is 7.16. The summed E-state index contributed by atoms with van der Waals surface area (Å²) in [5.74, 6) is 1.27. The van der Waals surface area contributed by atoms with Crippen molar-refractivity contribution in [3.05, 3.63) is 48.5 Å². The fourth-order valence-corrected chi connectivity index (χ4v) is 3.90. The minimum Gasteiger partial charge on any atom is -0.497 e. The number of methoxy groups -OCH3 is 1. The van der Waals surface area contributed by atoms with Gasteiger partial charge in [-0.3, -0.25) is 0 Å². The van der Waals surface area contributed by atoms with E-state index in [9.17, 15) is 0 Å². The lowest BCUT2D eigenvalue weighted by Crippen LogP contribution is -2.30. The summed E-state index contributed by atoms with van der Waals surface area (Å²) in [4.78, 5) is 6.93. The van der Waals surface area contributed by atoms with Crippen LogP contribution in [0.1, 0.15) is 19.3 Å². The van der Waals surface area contributed by atoms with Crippen LogP contribution in [0.5, 0.6) is 5.75 Å². The van der Waals surface area contributed by atoms with Gasteiger partial charge in [0.25, 0.3) is 0 Å². The normalized spacial score (nSPS) is 14.4. The van der Waals surface area contributed by atoms with E-state index in [0.29, 0.717) is 22.9 Å². The number of hydrogen-bond donors (Lipinski definition) is 1. The summed E-state index contributed by atoms with van der Waals surface area (Å²) in [6.07, 6.45) is 3.56. The third-order valence-corrected chi connectivity index (χ3v) is 5.38. The quantitative estimate of drug-likeness (QED) is 0.561. The number of hydrogen-bond acceptors (Lipinski definition) is 6. The summed E-state index contributed by atoms with van der Waals surface area (Å²) >= 11 is 0. The SMILES string of the molecule is COc1ccc2oc(-n3nc(-c4ccccc4)c(N4CCCCC4)c3N)nc2c1. The first-order chi connectivity index (χ1) is 14.2. The third-order valence-electron chi connectivity index (χ3n) is 5.38. The van der Waals surface area contributed by atoms with Gasteiger partial charge in [-0.15, -0.1) is 0 Å². The number of nitrogens with zero attached hydrogens (tertiary/aromatic N) is 4. The fourth-order valence-electron chi connectivity index (χ4n) is 3.90. The molecule has 0 bridgehead atoms. The van der Waals surface area contributed by atoms with Crippen LogP contribution in [-0.2, 0) is 0 Å². The summed E-state index contributed by atoms with van der Waals surface area (Å²) < 4.78 is 12.9. The van der Waals surface area contributed by atoms with Crippen molar-refractivity contribution in [3.8, 4) is 23.0 Å². The Balaban J connectivity index is 1.66. The van der Waals surface area contributed by atoms with Crippen LogP contribution in [0.4, 0.5) is 11.5 Å². The predicted octanol–water partition coefficient (Wildman–Crippen LogP) is 4.26. The number of nitrogen functional groups attached to an aromatic ring is 1. The smallest absolute Gasteiger partial charge is 0.325 e. The van der Waals surface area contributed by atoms with Gasteiger partial charge >= 0.3 is 6.01 Å². The zero-order chi connectivity index (χ0) is 19.8. The van der Waals surface area contributed by atoms with Crippen LogP contribution in [0.2, 0.25) is 0 Å². The number of oxazole rings is 1. The molecule has 3 heterocycles. The molecule has 0 amide bonds. The van der Waals surface area contributed by atoms with Crippen LogP contribution >= 0.6 is 0 Å². The van der Waals surface area contributed by atoms with Gasteiger partial charge < -0.3 is 19.8 Å². The van der Waals surface area contributed by atoms with Crippen LogP contribution in [0.25, 0.3) is 28.4 Å². The van der Waals surface area contributed by atoms with Crippen molar-refractivity contribution < 1.29 is 9.15 Å². The van der Waals surface area contributed by atoms with Crippen LogP contribution in [0, 0.1) is 0 Å². The summed E-state index contributed by atoms with van der Waals surface area (Å²) in [5, 5.41) is 4.83. The van der Waals surface area contributed by atoms with E-state index in [1.165, 1.54) is 6.42 Å². The Kier molecular flexibility index (Phi) is 4.35. The van der Waals surface area contributed by atoms with E-state index in [4.69, 9.17) is 20.0 Å². The summed E-state index contributed by atoms with van der Waals surface area (Å²) in [6, 6.07) is 16.0. The van der Waals surface area contributed by atoms with Gasteiger partial charge in [0.05, 0.1) is 7.11 Å². The Hall–Kier alpha value is -3.48. The fraction of sp³-hybridized carbons (Fsp3) is 0.273. The van der Waals surface area contributed by atoms with Crippen molar-refractivity contribution in [2.75, 3.05) is 30.8 Å². The molecule has 0 unspecified atom stereocenters. The molecule has 5 rings (SSSR count). The zero-order valence-electron chi connectivity index (χ0n) is 16.3. The average Bonchev–Trinajstić information content (AvgIpc) is 3.35. The molecule has 7 heteroatoms. The van der Waals surface area contributed by atoms with E-state index in [-0.39, 0.29) is 0 Å². The molecule has 0 atom stereocenters. The van der Waals surface area contributed by atoms with Crippen LogP contribution < -0.4 is 15.4 Å². The Morgan fingerprint density at radius 2 is 1.83 bits per heavy atom. The van der Waals surface area contributed by atoms with Gasteiger partial charge in [-0.1, -0.05) is 30.3 Å². The number of anilines is 2. The van der Waals surface area contributed by atoms with Gasteiger partial charge in [-0.05, 0) is 31.4 Å². The highest BCUT2D eigenvalue weighted by molar-refractivity contribution is 5.84. The molecule has 0 saturated carbocycles. The Morgan fingerprint density at radius 1 is 1.03 bits per heavy atom. The van der Waals surface area contributed by atoms with Gasteiger partial charge in [-0.25, -0.2) is 0 Å². The Morgan fingerprint density at radius 3 is 2.59 bits per heavy atom. The van der Waals surface area contributed by atoms with Gasteiger partial charge in [-0.2, -0.15) is 14.8 Å². The van der Waals surface area contributed by atoms with E-state index < -0.39 is 0 Å². The number of nitrogens with two attached hydrogens (primary N) is 1. The monoisotopic (exact) mass is 389 g/mol. The number of rotatable bonds is 4. The highest BCUT2D eigenvalue weighted by atomic mass is 16.5. The maximum absolute atomic E-state index is 6.62. The lowest BCUT2D eigenvalue weighted by Gasteiger charge is -2.29. The standard InChI is InChI=1S/C22H23N5O2/c1-28-16-10-11-18-17(14-16)24-22(29-18)27-21(23)20(26-12-6-3-7-13-26)19(25-27)15-8-4-2-5-9-15/h2,4-5,8-11,14H,3,6-7,12-13,23H2,1H3. The number of ether oxygens (including phenoxy) is 1. The Bertz CT molecular complexity index is 1140. The first-order valence-electron chi connectivity index (χ1n) is 9.88. The van der Waals surface area contributed by atoms with Crippen molar-refractivity contribution in [3.63, 3.8) is 0 Å². The predicted molar refractivity (Wildman–Crippen MR) is 114 cm³/mol. The lowest BCUT2D eigenvalue weighted by atomic mass is 10.1. The van der Waals surface area contributed by atoms with Crippen molar-refractivity contribution in [1.82, 2.24) is 14.8 Å². The molecule has 2 aromatic carbocycles. The molecule has 4 aromatic rings. The van der Waals surface area contributed by atoms with E-state index >= 15 is 0 Å². The minimum absolute atomic E-state index is 0.353. The van der Waals surface area contributed by atoms with Crippen molar-refractivity contribution in [2.24, 2.45) is 0 Å². The minimum atomic E-state index is 0.353. The molecule has 148 valence electrons. The van der Waals surface area contributed by atoms with E-state index in [1.54, 1.807) is 11.8 Å². The average molecular weight is 389 g/mol. The maximum Gasteiger partial charge on any atom is 0.325 e. The highest BCUT2D eigenvalue weighted by Crippen LogP contribution is 2.38. The summed E-state index contributed by atoms with van der Waals surface area (Å²) in [5.41, 5.74) is 10.8. The molecule has 29 heavy (non-hydrogen) atoms. The van der Waals surface area contributed by atoms with Gasteiger partial charge in [0.2, 0.25) is 0 Å².